The molecule has 1 saturated carbocycles. The lowest BCUT2D eigenvalue weighted by Crippen LogP contribution is -2.41. The Labute approximate surface area is 124 Å². The summed E-state index contributed by atoms with van der Waals surface area (Å²) in [7, 11) is 0. The van der Waals surface area contributed by atoms with Gasteiger partial charge in [-0.25, -0.2) is 9.97 Å². The van der Waals surface area contributed by atoms with Crippen LogP contribution >= 0.6 is 0 Å². The number of ether oxygens (including phenoxy) is 1. The second kappa shape index (κ2) is 6.85. The van der Waals surface area contributed by atoms with Crippen molar-refractivity contribution in [3.05, 3.63) is 18.1 Å². The summed E-state index contributed by atoms with van der Waals surface area (Å²) in [5.74, 6) is 0.723. The molecule has 1 aromatic heterocycles. The summed E-state index contributed by atoms with van der Waals surface area (Å²) >= 11 is 0. The van der Waals surface area contributed by atoms with Crippen LogP contribution < -0.4 is 5.32 Å². The van der Waals surface area contributed by atoms with Crippen LogP contribution in [0.25, 0.3) is 0 Å². The molecule has 0 spiro atoms. The molecule has 21 heavy (non-hydrogen) atoms. The van der Waals surface area contributed by atoms with Gasteiger partial charge >= 0.3 is 0 Å². The van der Waals surface area contributed by atoms with Crippen LogP contribution in [0.3, 0.4) is 0 Å². The van der Waals surface area contributed by atoms with Crippen molar-refractivity contribution in [3.8, 4) is 0 Å². The molecule has 114 valence electrons. The molecular formula is C15H22N4O2. The molecule has 1 saturated heterocycles. The zero-order chi connectivity index (χ0) is 14.5. The van der Waals surface area contributed by atoms with Crippen LogP contribution in [0.4, 0.5) is 5.82 Å². The maximum Gasteiger partial charge on any atom is 0.272 e. The zero-order valence-electron chi connectivity index (χ0n) is 12.3. The van der Waals surface area contributed by atoms with Crippen molar-refractivity contribution in [2.45, 2.75) is 38.1 Å². The molecule has 0 aromatic carbocycles. The van der Waals surface area contributed by atoms with Crippen molar-refractivity contribution in [2.75, 3.05) is 31.6 Å². The van der Waals surface area contributed by atoms with E-state index in [0.29, 0.717) is 38.0 Å². The molecule has 0 radical (unpaired) electrons. The second-order valence-electron chi connectivity index (χ2n) is 5.67. The first-order valence-electron chi connectivity index (χ1n) is 7.78. The van der Waals surface area contributed by atoms with Gasteiger partial charge in [0.1, 0.15) is 17.8 Å². The van der Waals surface area contributed by atoms with E-state index in [9.17, 15) is 4.79 Å². The minimum atomic E-state index is -0.0348. The van der Waals surface area contributed by atoms with E-state index in [-0.39, 0.29) is 5.91 Å². The largest absolute Gasteiger partial charge is 0.378 e. The minimum absolute atomic E-state index is 0.0348. The molecule has 2 fully saturated rings. The summed E-state index contributed by atoms with van der Waals surface area (Å²) in [5, 5.41) is 3.43. The lowest BCUT2D eigenvalue weighted by Gasteiger charge is -2.27. The van der Waals surface area contributed by atoms with Crippen LogP contribution in [0.2, 0.25) is 0 Å². The van der Waals surface area contributed by atoms with Crippen molar-refractivity contribution in [1.29, 1.82) is 0 Å². The molecule has 2 heterocycles. The standard InChI is InChI=1S/C15H22N4O2/c20-15(19-6-8-21-9-7-19)13-10-14(17-11-16-13)18-12-4-2-1-3-5-12/h10-12H,1-9H2,(H,16,17,18). The van der Waals surface area contributed by atoms with Gasteiger partial charge in [0.15, 0.2) is 0 Å². The average Bonchev–Trinajstić information content (AvgIpc) is 2.56. The van der Waals surface area contributed by atoms with Crippen LogP contribution in [-0.2, 0) is 4.74 Å². The summed E-state index contributed by atoms with van der Waals surface area (Å²) in [5.41, 5.74) is 0.463. The number of amides is 1. The van der Waals surface area contributed by atoms with Crippen LogP contribution in [0.1, 0.15) is 42.6 Å². The van der Waals surface area contributed by atoms with Crippen LogP contribution in [0.5, 0.6) is 0 Å². The van der Waals surface area contributed by atoms with Gasteiger partial charge in [0.05, 0.1) is 13.2 Å². The van der Waals surface area contributed by atoms with E-state index < -0.39 is 0 Å². The molecule has 0 unspecified atom stereocenters. The van der Waals surface area contributed by atoms with E-state index in [1.165, 1.54) is 38.4 Å². The van der Waals surface area contributed by atoms with Crippen molar-refractivity contribution in [2.24, 2.45) is 0 Å². The number of aromatic nitrogens is 2. The summed E-state index contributed by atoms with van der Waals surface area (Å²) in [6.45, 7) is 2.47. The van der Waals surface area contributed by atoms with E-state index in [4.69, 9.17) is 4.74 Å². The van der Waals surface area contributed by atoms with Gasteiger partial charge < -0.3 is 15.0 Å². The van der Waals surface area contributed by atoms with E-state index in [2.05, 4.69) is 15.3 Å². The number of rotatable bonds is 3. The lowest BCUT2D eigenvalue weighted by atomic mass is 9.95. The Balaban J connectivity index is 1.65. The highest BCUT2D eigenvalue weighted by molar-refractivity contribution is 5.92. The predicted octanol–water partition coefficient (Wildman–Crippen LogP) is 1.69. The maximum atomic E-state index is 12.4. The van der Waals surface area contributed by atoms with Crippen molar-refractivity contribution in [1.82, 2.24) is 14.9 Å². The molecule has 2 aliphatic rings. The first-order valence-corrected chi connectivity index (χ1v) is 7.78. The number of hydrogen-bond acceptors (Lipinski definition) is 5. The SMILES string of the molecule is O=C(c1cc(NC2CCCCC2)ncn1)N1CCOCC1. The highest BCUT2D eigenvalue weighted by atomic mass is 16.5. The molecule has 1 aliphatic carbocycles. The van der Waals surface area contributed by atoms with Gasteiger partial charge in [-0.2, -0.15) is 0 Å². The second-order valence-corrected chi connectivity index (χ2v) is 5.67. The number of carbonyl (C=O) groups excluding carboxylic acids is 1. The van der Waals surface area contributed by atoms with Gasteiger partial charge in [-0.15, -0.1) is 0 Å². The first-order chi connectivity index (χ1) is 10.3. The molecule has 3 rings (SSSR count). The lowest BCUT2D eigenvalue weighted by molar-refractivity contribution is 0.0299. The van der Waals surface area contributed by atoms with E-state index >= 15 is 0 Å². The molecule has 1 N–H and O–H groups in total. The third-order valence-electron chi connectivity index (χ3n) is 4.14. The van der Waals surface area contributed by atoms with Crippen LogP contribution in [-0.4, -0.2) is 53.1 Å². The number of nitrogens with one attached hydrogen (secondary N) is 1. The number of morpholine rings is 1. The van der Waals surface area contributed by atoms with Crippen LogP contribution in [0, 0.1) is 0 Å². The molecule has 6 heteroatoms. The van der Waals surface area contributed by atoms with E-state index in [0.717, 1.165) is 5.82 Å². The molecule has 6 nitrogen and oxygen atoms in total. The fraction of sp³-hybridized carbons (Fsp3) is 0.667. The molecule has 0 bridgehead atoms. The van der Waals surface area contributed by atoms with Crippen molar-refractivity contribution < 1.29 is 9.53 Å². The Kier molecular flexibility index (Phi) is 4.65. The Morgan fingerprint density at radius 2 is 1.95 bits per heavy atom. The van der Waals surface area contributed by atoms with E-state index in [1.807, 2.05) is 0 Å². The Bertz CT molecular complexity index is 482. The fourth-order valence-corrected chi connectivity index (χ4v) is 2.94. The summed E-state index contributed by atoms with van der Waals surface area (Å²) in [6.07, 6.45) is 7.68. The van der Waals surface area contributed by atoms with Crippen molar-refractivity contribution >= 4 is 11.7 Å². The fourth-order valence-electron chi connectivity index (χ4n) is 2.94. The molecule has 0 atom stereocenters. The first kappa shape index (κ1) is 14.3. The van der Waals surface area contributed by atoms with Crippen LogP contribution in [0.15, 0.2) is 12.4 Å². The average molecular weight is 290 g/mol. The summed E-state index contributed by atoms with van der Waals surface area (Å²) in [6, 6.07) is 2.24. The van der Waals surface area contributed by atoms with Gasteiger partial charge in [0, 0.05) is 25.2 Å². The molecule has 1 aromatic rings. The Morgan fingerprint density at radius 3 is 2.71 bits per heavy atom. The molecule has 1 amide bonds. The monoisotopic (exact) mass is 290 g/mol. The van der Waals surface area contributed by atoms with Gasteiger partial charge in [-0.3, -0.25) is 4.79 Å². The minimum Gasteiger partial charge on any atom is -0.378 e. The highest BCUT2D eigenvalue weighted by Gasteiger charge is 2.20. The van der Waals surface area contributed by atoms with Crippen molar-refractivity contribution in [3.63, 3.8) is 0 Å². The topological polar surface area (TPSA) is 67.4 Å². The smallest absolute Gasteiger partial charge is 0.272 e. The van der Waals surface area contributed by atoms with E-state index in [1.54, 1.807) is 11.0 Å². The number of hydrogen-bond donors (Lipinski definition) is 1. The Hall–Kier alpha value is -1.69. The van der Waals surface area contributed by atoms with Gasteiger partial charge in [-0.1, -0.05) is 19.3 Å². The third kappa shape index (κ3) is 3.69. The molecule has 1 aliphatic heterocycles. The zero-order valence-corrected chi connectivity index (χ0v) is 12.3. The van der Waals surface area contributed by atoms with Gasteiger partial charge in [0.25, 0.3) is 5.91 Å². The quantitative estimate of drug-likeness (QED) is 0.917. The number of anilines is 1. The maximum absolute atomic E-state index is 12.4. The Morgan fingerprint density at radius 1 is 1.19 bits per heavy atom. The summed E-state index contributed by atoms with van der Waals surface area (Å²) < 4.78 is 5.27. The molecular weight excluding hydrogens is 268 g/mol. The number of nitrogens with zero attached hydrogens (tertiary/aromatic N) is 3. The normalized spacial score (nSPS) is 20.3. The number of carbonyl (C=O) groups is 1. The van der Waals surface area contributed by atoms with Gasteiger partial charge in [0.2, 0.25) is 0 Å². The predicted molar refractivity (Wildman–Crippen MR) is 79.3 cm³/mol. The highest BCUT2D eigenvalue weighted by Crippen LogP contribution is 2.21. The summed E-state index contributed by atoms with van der Waals surface area (Å²) in [4.78, 5) is 22.6. The third-order valence-corrected chi connectivity index (χ3v) is 4.14. The van der Waals surface area contributed by atoms with Gasteiger partial charge in [-0.05, 0) is 12.8 Å².